The highest BCUT2D eigenvalue weighted by Gasteiger charge is 2.20. The minimum atomic E-state index is -0.394. The lowest BCUT2D eigenvalue weighted by Gasteiger charge is -2.07. The van der Waals surface area contributed by atoms with Crippen LogP contribution < -0.4 is 10.6 Å². The molecule has 0 aromatic carbocycles. The fraction of sp³-hybridized carbons (Fsp3) is 0.444. The summed E-state index contributed by atoms with van der Waals surface area (Å²) in [6, 6.07) is 3.37. The molecule has 1 aliphatic heterocycles. The summed E-state index contributed by atoms with van der Waals surface area (Å²) in [7, 11) is 0. The number of amides is 1. The lowest BCUT2D eigenvalue weighted by molar-refractivity contribution is -0.380. The van der Waals surface area contributed by atoms with E-state index in [-0.39, 0.29) is 17.0 Å². The topological polar surface area (TPSA) is 84.3 Å². The molecule has 6 nitrogen and oxygen atoms in total. The van der Waals surface area contributed by atoms with Gasteiger partial charge in [-0.05, 0) is 6.07 Å². The average Bonchev–Trinajstić information content (AvgIpc) is 2.83. The highest BCUT2D eigenvalue weighted by Crippen LogP contribution is 2.23. The van der Waals surface area contributed by atoms with Crippen LogP contribution in [0.2, 0.25) is 0 Å². The summed E-state index contributed by atoms with van der Waals surface area (Å²) in [6.07, 6.45) is 0.480. The summed E-state index contributed by atoms with van der Waals surface area (Å²) < 4.78 is 0. The van der Waals surface area contributed by atoms with Crippen LogP contribution in [0.15, 0.2) is 12.1 Å². The van der Waals surface area contributed by atoms with E-state index in [0.29, 0.717) is 19.5 Å². The van der Waals surface area contributed by atoms with Crippen LogP contribution in [-0.2, 0) is 11.3 Å². The van der Waals surface area contributed by atoms with E-state index in [1.165, 1.54) is 6.07 Å². The quantitative estimate of drug-likeness (QED) is 0.598. The van der Waals surface area contributed by atoms with Crippen molar-refractivity contribution in [3.63, 3.8) is 0 Å². The lowest BCUT2D eigenvalue weighted by Crippen LogP contribution is -2.30. The Hall–Kier alpha value is -1.47. The van der Waals surface area contributed by atoms with Gasteiger partial charge in [-0.2, -0.15) is 0 Å². The second kappa shape index (κ2) is 4.58. The summed E-state index contributed by atoms with van der Waals surface area (Å²) in [5.41, 5.74) is 0. The zero-order valence-corrected chi connectivity index (χ0v) is 9.25. The maximum absolute atomic E-state index is 10.9. The molecule has 0 saturated carbocycles. The molecule has 1 aromatic rings. The highest BCUT2D eigenvalue weighted by molar-refractivity contribution is 7.15. The van der Waals surface area contributed by atoms with Crippen molar-refractivity contribution in [2.24, 2.45) is 0 Å². The Morgan fingerprint density at radius 2 is 2.44 bits per heavy atom. The Kier molecular flexibility index (Phi) is 3.16. The standard InChI is InChI=1S/C9H11N3O3S/c13-8-3-6(4-11-8)10-5-7-1-2-9(16-7)12(14)15/h1-2,6,10H,3-5H2,(H,11,13). The van der Waals surface area contributed by atoms with Crippen LogP contribution in [0.25, 0.3) is 0 Å². The van der Waals surface area contributed by atoms with E-state index in [1.807, 2.05) is 0 Å². The first-order valence-corrected chi connectivity index (χ1v) is 5.70. The van der Waals surface area contributed by atoms with Gasteiger partial charge in [-0.25, -0.2) is 0 Å². The van der Waals surface area contributed by atoms with Gasteiger partial charge in [-0.15, -0.1) is 0 Å². The second-order valence-electron chi connectivity index (χ2n) is 3.58. The number of nitrogens with one attached hydrogen (secondary N) is 2. The minimum absolute atomic E-state index is 0.0506. The third-order valence-corrected chi connectivity index (χ3v) is 3.41. The van der Waals surface area contributed by atoms with Crippen molar-refractivity contribution in [2.75, 3.05) is 6.54 Å². The fourth-order valence-electron chi connectivity index (χ4n) is 1.55. The van der Waals surface area contributed by atoms with E-state index in [4.69, 9.17) is 0 Å². The predicted octanol–water partition coefficient (Wildman–Crippen LogP) is 0.634. The van der Waals surface area contributed by atoms with Crippen LogP contribution in [0.1, 0.15) is 11.3 Å². The zero-order chi connectivity index (χ0) is 11.5. The molecule has 2 heterocycles. The van der Waals surface area contributed by atoms with E-state index in [9.17, 15) is 14.9 Å². The van der Waals surface area contributed by atoms with Gasteiger partial charge in [0.25, 0.3) is 0 Å². The summed E-state index contributed by atoms with van der Waals surface area (Å²) in [5, 5.41) is 16.5. The molecular weight excluding hydrogens is 230 g/mol. The van der Waals surface area contributed by atoms with Crippen LogP contribution in [0.3, 0.4) is 0 Å². The van der Waals surface area contributed by atoms with Crippen molar-refractivity contribution in [1.29, 1.82) is 0 Å². The monoisotopic (exact) mass is 241 g/mol. The number of hydrogen-bond acceptors (Lipinski definition) is 5. The number of rotatable bonds is 4. The van der Waals surface area contributed by atoms with Crippen molar-refractivity contribution >= 4 is 22.2 Å². The highest BCUT2D eigenvalue weighted by atomic mass is 32.1. The van der Waals surface area contributed by atoms with Crippen molar-refractivity contribution in [3.05, 3.63) is 27.1 Å². The lowest BCUT2D eigenvalue weighted by atomic mass is 10.2. The van der Waals surface area contributed by atoms with Crippen molar-refractivity contribution < 1.29 is 9.72 Å². The molecule has 2 N–H and O–H groups in total. The van der Waals surface area contributed by atoms with Gasteiger partial charge in [-0.1, -0.05) is 11.3 Å². The van der Waals surface area contributed by atoms with E-state index in [1.54, 1.807) is 6.07 Å². The second-order valence-corrected chi connectivity index (χ2v) is 4.73. The zero-order valence-electron chi connectivity index (χ0n) is 8.43. The van der Waals surface area contributed by atoms with Gasteiger partial charge in [-0.3, -0.25) is 14.9 Å². The first-order chi connectivity index (χ1) is 7.65. The molecule has 0 radical (unpaired) electrons. The van der Waals surface area contributed by atoms with E-state index >= 15 is 0 Å². The number of carbonyl (C=O) groups is 1. The van der Waals surface area contributed by atoms with Gasteiger partial charge in [0.15, 0.2) is 0 Å². The molecule has 1 saturated heterocycles. The van der Waals surface area contributed by atoms with Gasteiger partial charge in [0.05, 0.1) is 4.92 Å². The molecule has 2 rings (SSSR count). The van der Waals surface area contributed by atoms with Crippen LogP contribution >= 0.6 is 11.3 Å². The molecule has 16 heavy (non-hydrogen) atoms. The molecule has 1 unspecified atom stereocenters. The first-order valence-electron chi connectivity index (χ1n) is 4.88. The van der Waals surface area contributed by atoms with Gasteiger partial charge < -0.3 is 10.6 Å². The molecule has 86 valence electrons. The molecule has 1 fully saturated rings. The van der Waals surface area contributed by atoms with E-state index < -0.39 is 4.92 Å². The minimum Gasteiger partial charge on any atom is -0.354 e. The maximum Gasteiger partial charge on any atom is 0.324 e. The summed E-state index contributed by atoms with van der Waals surface area (Å²) in [6.45, 7) is 1.20. The molecule has 0 bridgehead atoms. The van der Waals surface area contributed by atoms with Gasteiger partial charge in [0.2, 0.25) is 5.91 Å². The summed E-state index contributed by atoms with van der Waals surface area (Å²) >= 11 is 1.16. The fourth-order valence-corrected chi connectivity index (χ4v) is 2.32. The molecule has 1 aromatic heterocycles. The third kappa shape index (κ3) is 2.56. The smallest absolute Gasteiger partial charge is 0.324 e. The van der Waals surface area contributed by atoms with E-state index in [2.05, 4.69) is 10.6 Å². The predicted molar refractivity (Wildman–Crippen MR) is 59.2 cm³/mol. The Labute approximate surface area is 95.8 Å². The SMILES string of the molecule is O=C1CC(NCc2ccc([N+](=O)[O-])s2)CN1. The number of thiophene rings is 1. The molecule has 1 aliphatic rings. The largest absolute Gasteiger partial charge is 0.354 e. The van der Waals surface area contributed by atoms with E-state index in [0.717, 1.165) is 16.2 Å². The molecule has 0 spiro atoms. The normalized spacial score (nSPS) is 19.8. The first kappa shape index (κ1) is 11.0. The summed E-state index contributed by atoms with van der Waals surface area (Å²) in [5.74, 6) is 0.0506. The number of carbonyl (C=O) groups excluding carboxylic acids is 1. The van der Waals surface area contributed by atoms with Crippen molar-refractivity contribution in [2.45, 2.75) is 19.0 Å². The Bertz CT molecular complexity index is 418. The number of nitrogens with zero attached hydrogens (tertiary/aromatic N) is 1. The number of hydrogen-bond donors (Lipinski definition) is 2. The Morgan fingerprint density at radius 3 is 3.00 bits per heavy atom. The van der Waals surface area contributed by atoms with Crippen LogP contribution in [0, 0.1) is 10.1 Å². The Morgan fingerprint density at radius 1 is 1.62 bits per heavy atom. The molecular formula is C9H11N3O3S. The third-order valence-electron chi connectivity index (χ3n) is 2.37. The molecule has 7 heteroatoms. The van der Waals surface area contributed by atoms with Gasteiger partial charge >= 0.3 is 5.00 Å². The average molecular weight is 241 g/mol. The maximum atomic E-state index is 10.9. The summed E-state index contributed by atoms with van der Waals surface area (Å²) in [4.78, 5) is 21.9. The van der Waals surface area contributed by atoms with Gasteiger partial charge in [0, 0.05) is 36.5 Å². The van der Waals surface area contributed by atoms with Crippen LogP contribution in [-0.4, -0.2) is 23.4 Å². The van der Waals surface area contributed by atoms with Crippen LogP contribution in [0.5, 0.6) is 0 Å². The van der Waals surface area contributed by atoms with Crippen molar-refractivity contribution in [3.8, 4) is 0 Å². The van der Waals surface area contributed by atoms with Crippen molar-refractivity contribution in [1.82, 2.24) is 10.6 Å². The Balaban J connectivity index is 1.85. The van der Waals surface area contributed by atoms with Crippen LogP contribution in [0.4, 0.5) is 5.00 Å². The molecule has 1 amide bonds. The molecule has 1 atom stereocenters. The van der Waals surface area contributed by atoms with Gasteiger partial charge in [0.1, 0.15) is 0 Å². The molecule has 0 aliphatic carbocycles. The number of nitro groups is 1.